The van der Waals surface area contributed by atoms with Crippen LogP contribution in [0.15, 0.2) is 84.6 Å². The zero-order chi connectivity index (χ0) is 24.3. The van der Waals surface area contributed by atoms with Gasteiger partial charge in [-0.15, -0.1) is 0 Å². The third kappa shape index (κ3) is 3.18. The van der Waals surface area contributed by atoms with E-state index in [1.807, 2.05) is 0 Å². The summed E-state index contributed by atoms with van der Waals surface area (Å²) in [7, 11) is 3.95. The van der Waals surface area contributed by atoms with E-state index in [9.17, 15) is 0 Å². The molecule has 3 aromatic rings. The maximum Gasteiger partial charge on any atom is 0.209 e. The average Bonchev–Trinajstić information content (AvgIpc) is 3.18. The van der Waals surface area contributed by atoms with Crippen LogP contribution in [0, 0.1) is 0 Å². The van der Waals surface area contributed by atoms with Gasteiger partial charge in [-0.1, -0.05) is 68.5 Å². The lowest BCUT2D eigenvalue weighted by atomic mass is 9.80. The highest BCUT2D eigenvalue weighted by atomic mass is 16.5. The summed E-state index contributed by atoms with van der Waals surface area (Å²) in [6.07, 6.45) is 6.72. The minimum absolute atomic E-state index is 0.0375. The Balaban J connectivity index is 1.62. The number of allylic oxidation sites excluding steroid dienone is 4. The number of methoxy groups -OCH3 is 1. The maximum atomic E-state index is 5.85. The molecular formula is C31H35N2O+. The Morgan fingerprint density at radius 1 is 0.912 bits per heavy atom. The third-order valence-electron chi connectivity index (χ3n) is 7.84. The Morgan fingerprint density at radius 2 is 1.62 bits per heavy atom. The third-order valence-corrected chi connectivity index (χ3v) is 7.84. The van der Waals surface area contributed by atoms with E-state index in [0.717, 1.165) is 0 Å². The predicted octanol–water partition coefficient (Wildman–Crippen LogP) is 7.08. The van der Waals surface area contributed by atoms with Crippen molar-refractivity contribution in [3.05, 3.63) is 95.7 Å². The average molecular weight is 452 g/mol. The van der Waals surface area contributed by atoms with Crippen molar-refractivity contribution in [2.24, 2.45) is 0 Å². The number of para-hydroxylation sites is 1. The van der Waals surface area contributed by atoms with Gasteiger partial charge >= 0.3 is 0 Å². The molecule has 0 fully saturated rings. The van der Waals surface area contributed by atoms with Crippen LogP contribution in [-0.2, 0) is 15.6 Å². The number of hydrogen-bond donors (Lipinski definition) is 0. The SMILES string of the molecule is COC(C)N1/C(=C/C=C/C2=[N+](C)c3ccccc3C2(C)C)C(C)(C)c2c1ccc1ccccc21. The van der Waals surface area contributed by atoms with Crippen LogP contribution in [0.4, 0.5) is 11.4 Å². The maximum absolute atomic E-state index is 5.85. The second-order valence-corrected chi connectivity index (χ2v) is 10.5. The molecule has 0 aliphatic carbocycles. The van der Waals surface area contributed by atoms with Crippen molar-refractivity contribution in [2.45, 2.75) is 51.7 Å². The summed E-state index contributed by atoms with van der Waals surface area (Å²) < 4.78 is 8.17. The fourth-order valence-corrected chi connectivity index (χ4v) is 5.99. The van der Waals surface area contributed by atoms with Crippen molar-refractivity contribution in [1.29, 1.82) is 0 Å². The molecule has 0 radical (unpaired) electrons. The molecule has 0 N–H and O–H groups in total. The van der Waals surface area contributed by atoms with Gasteiger partial charge in [-0.3, -0.25) is 0 Å². The number of rotatable bonds is 4. The van der Waals surface area contributed by atoms with E-state index in [-0.39, 0.29) is 17.1 Å². The second kappa shape index (κ2) is 7.95. The molecular weight excluding hydrogens is 416 g/mol. The van der Waals surface area contributed by atoms with Crippen molar-refractivity contribution in [3.8, 4) is 0 Å². The molecule has 0 spiro atoms. The van der Waals surface area contributed by atoms with E-state index in [0.29, 0.717) is 0 Å². The van der Waals surface area contributed by atoms with Gasteiger partial charge in [0, 0.05) is 41.6 Å². The van der Waals surface area contributed by atoms with Crippen LogP contribution in [0.1, 0.15) is 45.7 Å². The van der Waals surface area contributed by atoms with Gasteiger partial charge in [0.05, 0.1) is 5.41 Å². The first-order valence-electron chi connectivity index (χ1n) is 12.1. The van der Waals surface area contributed by atoms with Gasteiger partial charge < -0.3 is 9.64 Å². The summed E-state index contributed by atoms with van der Waals surface area (Å²) in [4.78, 5) is 2.36. The largest absolute Gasteiger partial charge is 0.362 e. The van der Waals surface area contributed by atoms with E-state index in [1.54, 1.807) is 7.11 Å². The molecule has 2 heterocycles. The van der Waals surface area contributed by atoms with Crippen molar-refractivity contribution in [2.75, 3.05) is 19.1 Å². The predicted molar refractivity (Wildman–Crippen MR) is 143 cm³/mol. The summed E-state index contributed by atoms with van der Waals surface area (Å²) in [5, 5.41) is 2.59. The first-order valence-corrected chi connectivity index (χ1v) is 12.1. The molecule has 3 nitrogen and oxygen atoms in total. The Bertz CT molecular complexity index is 1370. The molecule has 2 aliphatic heterocycles. The van der Waals surface area contributed by atoms with Crippen LogP contribution in [0.5, 0.6) is 0 Å². The lowest BCUT2D eigenvalue weighted by Crippen LogP contribution is -2.34. The van der Waals surface area contributed by atoms with Crippen LogP contribution in [-0.4, -0.2) is 30.7 Å². The van der Waals surface area contributed by atoms with E-state index >= 15 is 0 Å². The molecule has 34 heavy (non-hydrogen) atoms. The lowest BCUT2D eigenvalue weighted by Gasteiger charge is -2.31. The summed E-state index contributed by atoms with van der Waals surface area (Å²) in [5.74, 6) is 0. The van der Waals surface area contributed by atoms with Gasteiger partial charge in [-0.2, -0.15) is 4.58 Å². The van der Waals surface area contributed by atoms with Crippen molar-refractivity contribution < 1.29 is 9.31 Å². The first kappa shape index (κ1) is 22.6. The van der Waals surface area contributed by atoms with Crippen LogP contribution in [0.2, 0.25) is 0 Å². The van der Waals surface area contributed by atoms with Gasteiger partial charge in [0.2, 0.25) is 5.69 Å². The quantitative estimate of drug-likeness (QED) is 0.394. The minimum Gasteiger partial charge on any atom is -0.362 e. The van der Waals surface area contributed by atoms with E-state index in [2.05, 4.69) is 130 Å². The molecule has 2 aliphatic rings. The summed E-state index contributed by atoms with van der Waals surface area (Å²) in [6.45, 7) is 11.4. The van der Waals surface area contributed by atoms with E-state index in [4.69, 9.17) is 4.74 Å². The number of ether oxygens (including phenoxy) is 1. The first-order chi connectivity index (χ1) is 16.2. The number of fused-ring (bicyclic) bond motifs is 4. The Kier molecular flexibility index (Phi) is 5.29. The fourth-order valence-electron chi connectivity index (χ4n) is 5.99. The normalized spacial score (nSPS) is 20.4. The zero-order valence-electron chi connectivity index (χ0n) is 21.4. The Morgan fingerprint density at radius 3 is 2.35 bits per heavy atom. The van der Waals surface area contributed by atoms with Gasteiger partial charge in [0.1, 0.15) is 13.3 Å². The fraction of sp³-hybridized carbons (Fsp3) is 0.323. The summed E-state index contributed by atoms with van der Waals surface area (Å²) >= 11 is 0. The van der Waals surface area contributed by atoms with Crippen molar-refractivity contribution in [1.82, 2.24) is 0 Å². The molecule has 5 rings (SSSR count). The molecule has 0 saturated heterocycles. The standard InChI is InChI=1S/C31H35N2O/c1-21(34-7)33-26-20-19-22-13-8-9-14-23(22)29(26)31(4,5)28(33)18-12-17-27-30(2,3)24-15-10-11-16-25(24)32(27)6/h8-21H,1-7H3/q+1. The molecule has 0 bridgehead atoms. The van der Waals surface area contributed by atoms with Crippen LogP contribution >= 0.6 is 0 Å². The Labute approximate surface area is 203 Å². The minimum atomic E-state index is -0.155. The number of anilines is 1. The van der Waals surface area contributed by atoms with Crippen molar-refractivity contribution in [3.63, 3.8) is 0 Å². The Hall–Kier alpha value is -3.17. The van der Waals surface area contributed by atoms with E-state index < -0.39 is 0 Å². The number of benzene rings is 3. The summed E-state index contributed by atoms with van der Waals surface area (Å²) in [5.41, 5.74) is 7.62. The molecule has 174 valence electrons. The molecule has 0 amide bonds. The van der Waals surface area contributed by atoms with Crippen LogP contribution in [0.3, 0.4) is 0 Å². The zero-order valence-corrected chi connectivity index (χ0v) is 21.4. The van der Waals surface area contributed by atoms with Crippen molar-refractivity contribution >= 4 is 27.9 Å². The monoisotopic (exact) mass is 451 g/mol. The molecule has 1 unspecified atom stereocenters. The van der Waals surface area contributed by atoms with Gasteiger partial charge in [0.25, 0.3) is 0 Å². The number of nitrogens with zero attached hydrogens (tertiary/aromatic N) is 2. The highest BCUT2D eigenvalue weighted by Gasteiger charge is 2.44. The summed E-state index contributed by atoms with van der Waals surface area (Å²) in [6, 6.07) is 21.9. The molecule has 0 aromatic heterocycles. The highest BCUT2D eigenvalue weighted by molar-refractivity contribution is 6.03. The molecule has 3 aromatic carbocycles. The van der Waals surface area contributed by atoms with Gasteiger partial charge in [0.15, 0.2) is 5.71 Å². The molecule has 1 atom stereocenters. The van der Waals surface area contributed by atoms with E-state index in [1.165, 1.54) is 44.7 Å². The van der Waals surface area contributed by atoms with Gasteiger partial charge in [-0.25, -0.2) is 0 Å². The smallest absolute Gasteiger partial charge is 0.209 e. The number of hydrogen-bond acceptors (Lipinski definition) is 2. The lowest BCUT2D eigenvalue weighted by molar-refractivity contribution is -0.401. The molecule has 3 heteroatoms. The van der Waals surface area contributed by atoms with Crippen LogP contribution in [0.25, 0.3) is 10.8 Å². The second-order valence-electron chi connectivity index (χ2n) is 10.5. The van der Waals surface area contributed by atoms with Crippen LogP contribution < -0.4 is 4.90 Å². The molecule has 0 saturated carbocycles. The highest BCUT2D eigenvalue weighted by Crippen LogP contribution is 2.51. The topological polar surface area (TPSA) is 15.5 Å². The van der Waals surface area contributed by atoms with Gasteiger partial charge in [-0.05, 0) is 49.2 Å².